The second-order valence-electron chi connectivity index (χ2n) is 4.19. The number of nitrogens with one attached hydrogen (secondary N) is 2. The average Bonchev–Trinajstić information content (AvgIpc) is 2.78. The van der Waals surface area contributed by atoms with Crippen LogP contribution in [-0.4, -0.2) is 12.5 Å². The first-order valence-corrected chi connectivity index (χ1v) is 7.20. The first-order chi connectivity index (χ1) is 9.15. The minimum atomic E-state index is -0.0588. The molecule has 19 heavy (non-hydrogen) atoms. The van der Waals surface area contributed by atoms with E-state index in [4.69, 9.17) is 11.6 Å². The Bertz CT molecular complexity index is 551. The minimum absolute atomic E-state index is 0.0588. The lowest BCUT2D eigenvalue weighted by atomic mass is 10.3. The van der Waals surface area contributed by atoms with E-state index in [9.17, 15) is 4.79 Å². The Morgan fingerprint density at radius 3 is 2.63 bits per heavy atom. The Morgan fingerprint density at radius 2 is 2.00 bits per heavy atom. The SMILES string of the molecule is Cc1ccsc1CNCC(=O)Nc1ccc(Cl)cc1. The number of carbonyl (C=O) groups excluding carboxylic acids is 1. The Morgan fingerprint density at radius 1 is 1.26 bits per heavy atom. The van der Waals surface area contributed by atoms with Crippen molar-refractivity contribution >= 4 is 34.5 Å². The van der Waals surface area contributed by atoms with Gasteiger partial charge in [-0.15, -0.1) is 11.3 Å². The van der Waals surface area contributed by atoms with E-state index in [1.165, 1.54) is 10.4 Å². The molecule has 0 atom stereocenters. The summed E-state index contributed by atoms with van der Waals surface area (Å²) in [6, 6.07) is 9.14. The number of rotatable bonds is 5. The van der Waals surface area contributed by atoms with Crippen LogP contribution in [0.15, 0.2) is 35.7 Å². The van der Waals surface area contributed by atoms with E-state index in [-0.39, 0.29) is 5.91 Å². The van der Waals surface area contributed by atoms with Crippen LogP contribution in [0.4, 0.5) is 5.69 Å². The van der Waals surface area contributed by atoms with Gasteiger partial charge in [-0.05, 0) is 48.2 Å². The molecular formula is C14H15ClN2OS. The van der Waals surface area contributed by atoms with Crippen molar-refractivity contribution in [2.24, 2.45) is 0 Å². The summed E-state index contributed by atoms with van der Waals surface area (Å²) < 4.78 is 0. The van der Waals surface area contributed by atoms with E-state index in [1.54, 1.807) is 35.6 Å². The number of anilines is 1. The van der Waals surface area contributed by atoms with Crippen LogP contribution in [-0.2, 0) is 11.3 Å². The monoisotopic (exact) mass is 294 g/mol. The molecule has 1 aromatic heterocycles. The zero-order valence-corrected chi connectivity index (χ0v) is 12.1. The quantitative estimate of drug-likeness (QED) is 0.887. The third kappa shape index (κ3) is 4.35. The predicted molar refractivity (Wildman–Crippen MR) is 80.8 cm³/mol. The molecule has 0 fully saturated rings. The normalized spacial score (nSPS) is 10.4. The highest BCUT2D eigenvalue weighted by Gasteiger charge is 2.03. The Labute approximate surface area is 121 Å². The summed E-state index contributed by atoms with van der Waals surface area (Å²) in [5, 5.41) is 8.65. The summed E-state index contributed by atoms with van der Waals surface area (Å²) >= 11 is 7.48. The molecule has 1 aromatic carbocycles. The maximum absolute atomic E-state index is 11.7. The third-order valence-corrected chi connectivity index (χ3v) is 3.94. The molecule has 1 amide bonds. The molecule has 0 aliphatic heterocycles. The van der Waals surface area contributed by atoms with Crippen LogP contribution in [0.1, 0.15) is 10.4 Å². The molecule has 0 aliphatic carbocycles. The number of hydrogen-bond acceptors (Lipinski definition) is 3. The maximum Gasteiger partial charge on any atom is 0.238 e. The van der Waals surface area contributed by atoms with Gasteiger partial charge in [-0.1, -0.05) is 11.6 Å². The van der Waals surface area contributed by atoms with Crippen LogP contribution in [0.3, 0.4) is 0 Å². The number of halogens is 1. The summed E-state index contributed by atoms with van der Waals surface area (Å²) in [5.74, 6) is -0.0588. The Kier molecular flexibility index (Phi) is 4.96. The van der Waals surface area contributed by atoms with Gasteiger partial charge < -0.3 is 10.6 Å². The van der Waals surface area contributed by atoms with E-state index < -0.39 is 0 Å². The van der Waals surface area contributed by atoms with Crippen LogP contribution < -0.4 is 10.6 Å². The van der Waals surface area contributed by atoms with Crippen LogP contribution in [0, 0.1) is 6.92 Å². The van der Waals surface area contributed by atoms with Gasteiger partial charge in [0.15, 0.2) is 0 Å². The molecule has 0 aliphatic rings. The summed E-state index contributed by atoms with van der Waals surface area (Å²) in [5.41, 5.74) is 2.01. The molecule has 0 saturated carbocycles. The highest BCUT2D eigenvalue weighted by Crippen LogP contribution is 2.15. The molecule has 0 bridgehead atoms. The van der Waals surface area contributed by atoms with Gasteiger partial charge in [0.2, 0.25) is 5.91 Å². The topological polar surface area (TPSA) is 41.1 Å². The fourth-order valence-corrected chi connectivity index (χ4v) is 2.61. The first-order valence-electron chi connectivity index (χ1n) is 5.94. The second kappa shape index (κ2) is 6.70. The molecule has 2 N–H and O–H groups in total. The highest BCUT2D eigenvalue weighted by molar-refractivity contribution is 7.10. The average molecular weight is 295 g/mol. The van der Waals surface area contributed by atoms with Gasteiger partial charge in [0.25, 0.3) is 0 Å². The van der Waals surface area contributed by atoms with Crippen LogP contribution in [0.2, 0.25) is 5.02 Å². The highest BCUT2D eigenvalue weighted by atomic mass is 35.5. The summed E-state index contributed by atoms with van der Waals surface area (Å²) in [6.45, 7) is 3.08. The fraction of sp³-hybridized carbons (Fsp3) is 0.214. The van der Waals surface area contributed by atoms with E-state index in [2.05, 4.69) is 29.0 Å². The Hall–Kier alpha value is -1.36. The zero-order chi connectivity index (χ0) is 13.7. The molecule has 3 nitrogen and oxygen atoms in total. The van der Waals surface area contributed by atoms with Crippen molar-refractivity contribution in [3.8, 4) is 0 Å². The van der Waals surface area contributed by atoms with Crippen molar-refractivity contribution in [3.05, 3.63) is 51.2 Å². The number of hydrogen-bond donors (Lipinski definition) is 2. The standard InChI is InChI=1S/C14H15ClN2OS/c1-10-6-7-19-13(10)8-16-9-14(18)17-12-4-2-11(15)3-5-12/h2-7,16H,8-9H2,1H3,(H,17,18). The molecule has 1 heterocycles. The number of carbonyl (C=O) groups is 1. The van der Waals surface area contributed by atoms with E-state index in [0.29, 0.717) is 11.6 Å². The van der Waals surface area contributed by atoms with Gasteiger partial charge in [-0.2, -0.15) is 0 Å². The van der Waals surface area contributed by atoms with Gasteiger partial charge in [0.1, 0.15) is 0 Å². The van der Waals surface area contributed by atoms with Crippen molar-refractivity contribution in [1.29, 1.82) is 0 Å². The van der Waals surface area contributed by atoms with Crippen molar-refractivity contribution < 1.29 is 4.79 Å². The number of amides is 1. The van der Waals surface area contributed by atoms with Gasteiger partial charge in [-0.25, -0.2) is 0 Å². The van der Waals surface area contributed by atoms with Crippen molar-refractivity contribution in [2.75, 3.05) is 11.9 Å². The predicted octanol–water partition coefficient (Wildman–Crippen LogP) is 3.44. The molecule has 0 radical (unpaired) electrons. The molecule has 5 heteroatoms. The molecule has 100 valence electrons. The summed E-state index contributed by atoms with van der Waals surface area (Å²) in [6.07, 6.45) is 0. The number of aryl methyl sites for hydroxylation is 1. The smallest absolute Gasteiger partial charge is 0.238 e. The lowest BCUT2D eigenvalue weighted by Crippen LogP contribution is -2.27. The number of thiophene rings is 1. The van der Waals surface area contributed by atoms with Gasteiger partial charge in [0.05, 0.1) is 6.54 Å². The maximum atomic E-state index is 11.7. The van der Waals surface area contributed by atoms with E-state index in [0.717, 1.165) is 12.2 Å². The van der Waals surface area contributed by atoms with Gasteiger partial charge in [-0.3, -0.25) is 4.79 Å². The van der Waals surface area contributed by atoms with Crippen LogP contribution in [0.5, 0.6) is 0 Å². The third-order valence-electron chi connectivity index (χ3n) is 2.67. The van der Waals surface area contributed by atoms with Crippen molar-refractivity contribution in [1.82, 2.24) is 5.32 Å². The van der Waals surface area contributed by atoms with Gasteiger partial charge in [0, 0.05) is 22.1 Å². The summed E-state index contributed by atoms with van der Waals surface area (Å²) in [7, 11) is 0. The van der Waals surface area contributed by atoms with E-state index >= 15 is 0 Å². The van der Waals surface area contributed by atoms with Crippen molar-refractivity contribution in [2.45, 2.75) is 13.5 Å². The number of benzene rings is 1. The molecule has 2 aromatic rings. The van der Waals surface area contributed by atoms with Crippen LogP contribution in [0.25, 0.3) is 0 Å². The first kappa shape index (κ1) is 14.1. The molecular weight excluding hydrogens is 280 g/mol. The lowest BCUT2D eigenvalue weighted by molar-refractivity contribution is -0.115. The molecule has 0 saturated heterocycles. The summed E-state index contributed by atoms with van der Waals surface area (Å²) in [4.78, 5) is 13.0. The minimum Gasteiger partial charge on any atom is -0.325 e. The largest absolute Gasteiger partial charge is 0.325 e. The van der Waals surface area contributed by atoms with Crippen molar-refractivity contribution in [3.63, 3.8) is 0 Å². The van der Waals surface area contributed by atoms with E-state index in [1.807, 2.05) is 0 Å². The Balaban J connectivity index is 1.76. The molecule has 0 unspecified atom stereocenters. The lowest BCUT2D eigenvalue weighted by Gasteiger charge is -2.06. The van der Waals surface area contributed by atoms with Gasteiger partial charge >= 0.3 is 0 Å². The molecule has 0 spiro atoms. The second-order valence-corrected chi connectivity index (χ2v) is 5.62. The zero-order valence-electron chi connectivity index (χ0n) is 10.6. The molecule has 2 rings (SSSR count). The van der Waals surface area contributed by atoms with Crippen LogP contribution >= 0.6 is 22.9 Å². The fourth-order valence-electron chi connectivity index (χ4n) is 1.61.